The Labute approximate surface area is 88.2 Å². The first-order valence-electron chi connectivity index (χ1n) is 4.57. The van der Waals surface area contributed by atoms with E-state index in [-0.39, 0.29) is 0 Å². The van der Waals surface area contributed by atoms with E-state index in [1.165, 1.54) is 5.56 Å². The van der Waals surface area contributed by atoms with Gasteiger partial charge in [0.05, 0.1) is 12.1 Å². The van der Waals surface area contributed by atoms with Gasteiger partial charge >= 0.3 is 0 Å². The summed E-state index contributed by atoms with van der Waals surface area (Å²) in [6.07, 6.45) is 0.944. The molecule has 3 nitrogen and oxygen atoms in total. The van der Waals surface area contributed by atoms with E-state index in [9.17, 15) is 0 Å². The minimum absolute atomic E-state index is 0.327. The lowest BCUT2D eigenvalue weighted by Crippen LogP contribution is -2.25. The Balaban J connectivity index is 2.34. The molecule has 0 radical (unpaired) electrons. The summed E-state index contributed by atoms with van der Waals surface area (Å²) in [4.78, 5) is 0. The van der Waals surface area contributed by atoms with Crippen molar-refractivity contribution in [1.82, 2.24) is 0 Å². The van der Waals surface area contributed by atoms with E-state index in [0.717, 1.165) is 17.9 Å². The van der Waals surface area contributed by atoms with Crippen LogP contribution in [0, 0.1) is 0 Å². The number of fused-ring (bicyclic) bond motifs is 1. The van der Waals surface area contributed by atoms with Crippen molar-refractivity contribution in [3.63, 3.8) is 0 Å². The number of anilines is 1. The van der Waals surface area contributed by atoms with Crippen LogP contribution in [0.5, 0.6) is 5.75 Å². The summed E-state index contributed by atoms with van der Waals surface area (Å²) in [5.41, 5.74) is 7.89. The molecule has 1 atom stereocenters. The highest BCUT2D eigenvalue weighted by atomic mass is 35.5. The molecule has 0 aromatic heterocycles. The van der Waals surface area contributed by atoms with Gasteiger partial charge in [0.25, 0.3) is 0 Å². The van der Waals surface area contributed by atoms with Crippen molar-refractivity contribution in [3.05, 3.63) is 22.7 Å². The molecule has 0 fully saturated rings. The first kappa shape index (κ1) is 9.62. The number of benzene rings is 1. The highest BCUT2D eigenvalue weighted by Gasteiger charge is 2.20. The number of methoxy groups -OCH3 is 1. The average Bonchev–Trinajstić information content (AvgIpc) is 2.58. The van der Waals surface area contributed by atoms with Gasteiger partial charge in [-0.3, -0.25) is 0 Å². The first-order valence-corrected chi connectivity index (χ1v) is 4.95. The molecule has 1 aliphatic rings. The average molecular weight is 213 g/mol. The van der Waals surface area contributed by atoms with Gasteiger partial charge in [-0.2, -0.15) is 0 Å². The second kappa shape index (κ2) is 3.67. The van der Waals surface area contributed by atoms with Crippen molar-refractivity contribution in [3.8, 4) is 5.75 Å². The SMILES string of the molecule is COc1cc2c(cc1Cl)NC(CN)C2. The van der Waals surface area contributed by atoms with Gasteiger partial charge in [0.15, 0.2) is 0 Å². The Hall–Kier alpha value is -0.930. The Kier molecular flexibility index (Phi) is 2.52. The van der Waals surface area contributed by atoms with Crippen LogP contribution in [0.25, 0.3) is 0 Å². The smallest absolute Gasteiger partial charge is 0.137 e. The number of nitrogens with two attached hydrogens (primary N) is 1. The van der Waals surface area contributed by atoms with E-state index in [0.29, 0.717) is 17.6 Å². The van der Waals surface area contributed by atoms with Crippen LogP contribution in [0.15, 0.2) is 12.1 Å². The lowest BCUT2D eigenvalue weighted by atomic mass is 10.1. The fraction of sp³-hybridized carbons (Fsp3) is 0.400. The quantitative estimate of drug-likeness (QED) is 0.784. The maximum atomic E-state index is 6.00. The fourth-order valence-electron chi connectivity index (χ4n) is 1.73. The second-order valence-corrected chi connectivity index (χ2v) is 3.83. The molecular formula is C10H13ClN2O. The Bertz CT molecular complexity index is 354. The van der Waals surface area contributed by atoms with Crippen LogP contribution >= 0.6 is 11.6 Å². The maximum absolute atomic E-state index is 6.00. The monoisotopic (exact) mass is 212 g/mol. The second-order valence-electron chi connectivity index (χ2n) is 3.42. The lowest BCUT2D eigenvalue weighted by molar-refractivity contribution is 0.414. The van der Waals surface area contributed by atoms with Gasteiger partial charge < -0.3 is 15.8 Å². The molecule has 1 heterocycles. The minimum atomic E-state index is 0.327. The summed E-state index contributed by atoms with van der Waals surface area (Å²) in [6.45, 7) is 0.634. The van der Waals surface area contributed by atoms with Gasteiger partial charge in [-0.15, -0.1) is 0 Å². The van der Waals surface area contributed by atoms with Gasteiger partial charge in [0.1, 0.15) is 5.75 Å². The summed E-state index contributed by atoms with van der Waals surface area (Å²) < 4.78 is 5.15. The van der Waals surface area contributed by atoms with Crippen LogP contribution in [-0.4, -0.2) is 19.7 Å². The normalized spacial score (nSPS) is 18.9. The number of nitrogens with one attached hydrogen (secondary N) is 1. The van der Waals surface area contributed by atoms with Crippen molar-refractivity contribution in [2.75, 3.05) is 19.0 Å². The van der Waals surface area contributed by atoms with Crippen LogP contribution in [0.2, 0.25) is 5.02 Å². The summed E-state index contributed by atoms with van der Waals surface area (Å²) in [5.74, 6) is 0.727. The molecule has 1 aliphatic heterocycles. The topological polar surface area (TPSA) is 47.3 Å². The molecule has 0 saturated heterocycles. The molecule has 0 bridgehead atoms. The third-order valence-corrected chi connectivity index (χ3v) is 2.78. The molecule has 1 aromatic carbocycles. The van der Waals surface area contributed by atoms with Crippen molar-refractivity contribution in [2.24, 2.45) is 5.73 Å². The number of hydrogen-bond acceptors (Lipinski definition) is 3. The molecule has 1 unspecified atom stereocenters. The van der Waals surface area contributed by atoms with Crippen LogP contribution in [0.3, 0.4) is 0 Å². The molecular weight excluding hydrogens is 200 g/mol. The molecule has 14 heavy (non-hydrogen) atoms. The summed E-state index contributed by atoms with van der Waals surface area (Å²) in [7, 11) is 1.62. The van der Waals surface area contributed by atoms with Crippen molar-refractivity contribution < 1.29 is 4.74 Å². The number of halogens is 1. The van der Waals surface area contributed by atoms with Gasteiger partial charge in [-0.25, -0.2) is 0 Å². The van der Waals surface area contributed by atoms with Crippen molar-refractivity contribution >= 4 is 17.3 Å². The van der Waals surface area contributed by atoms with E-state index >= 15 is 0 Å². The predicted molar refractivity (Wildman–Crippen MR) is 58.2 cm³/mol. The molecule has 4 heteroatoms. The van der Waals surface area contributed by atoms with Gasteiger partial charge in [0, 0.05) is 18.3 Å². The highest BCUT2D eigenvalue weighted by molar-refractivity contribution is 6.32. The first-order chi connectivity index (χ1) is 6.74. The number of hydrogen-bond donors (Lipinski definition) is 2. The van der Waals surface area contributed by atoms with E-state index in [1.807, 2.05) is 12.1 Å². The van der Waals surface area contributed by atoms with Crippen molar-refractivity contribution in [1.29, 1.82) is 0 Å². The minimum Gasteiger partial charge on any atom is -0.495 e. The Morgan fingerprint density at radius 1 is 1.64 bits per heavy atom. The molecule has 0 spiro atoms. The third-order valence-electron chi connectivity index (χ3n) is 2.49. The predicted octanol–water partition coefficient (Wildman–Crippen LogP) is 1.64. The van der Waals surface area contributed by atoms with E-state index in [2.05, 4.69) is 5.32 Å². The zero-order valence-electron chi connectivity index (χ0n) is 8.01. The Morgan fingerprint density at radius 3 is 3.07 bits per heavy atom. The van der Waals surface area contributed by atoms with E-state index in [4.69, 9.17) is 22.1 Å². The number of rotatable bonds is 2. The summed E-state index contributed by atoms with van der Waals surface area (Å²) in [5, 5.41) is 3.95. The van der Waals surface area contributed by atoms with Crippen LogP contribution < -0.4 is 15.8 Å². The van der Waals surface area contributed by atoms with Gasteiger partial charge in [-0.1, -0.05) is 11.6 Å². The lowest BCUT2D eigenvalue weighted by Gasteiger charge is -2.07. The summed E-state index contributed by atoms with van der Waals surface area (Å²) >= 11 is 6.00. The third kappa shape index (κ3) is 1.53. The standard InChI is InChI=1S/C10H13ClN2O/c1-14-10-3-6-2-7(5-12)13-9(6)4-8(10)11/h3-4,7,13H,2,5,12H2,1H3. The Morgan fingerprint density at radius 2 is 2.43 bits per heavy atom. The van der Waals surface area contributed by atoms with Crippen LogP contribution in [-0.2, 0) is 6.42 Å². The fourth-order valence-corrected chi connectivity index (χ4v) is 1.97. The molecule has 3 N–H and O–H groups in total. The van der Waals surface area contributed by atoms with Gasteiger partial charge in [-0.05, 0) is 24.1 Å². The largest absolute Gasteiger partial charge is 0.495 e. The molecule has 1 aromatic rings. The molecule has 0 amide bonds. The highest BCUT2D eigenvalue weighted by Crippen LogP contribution is 2.35. The number of ether oxygens (including phenoxy) is 1. The molecule has 0 aliphatic carbocycles. The van der Waals surface area contributed by atoms with Gasteiger partial charge in [0.2, 0.25) is 0 Å². The van der Waals surface area contributed by atoms with E-state index in [1.54, 1.807) is 7.11 Å². The maximum Gasteiger partial charge on any atom is 0.137 e. The van der Waals surface area contributed by atoms with Crippen LogP contribution in [0.4, 0.5) is 5.69 Å². The van der Waals surface area contributed by atoms with E-state index < -0.39 is 0 Å². The summed E-state index contributed by atoms with van der Waals surface area (Å²) in [6, 6.07) is 4.19. The molecule has 2 rings (SSSR count). The zero-order valence-corrected chi connectivity index (χ0v) is 8.77. The molecule has 76 valence electrons. The zero-order chi connectivity index (χ0) is 10.1. The van der Waals surface area contributed by atoms with Crippen LogP contribution in [0.1, 0.15) is 5.56 Å². The molecule has 0 saturated carbocycles. The van der Waals surface area contributed by atoms with Crippen molar-refractivity contribution in [2.45, 2.75) is 12.5 Å².